The summed E-state index contributed by atoms with van der Waals surface area (Å²) >= 11 is 1.33. The van der Waals surface area contributed by atoms with E-state index < -0.39 is 6.36 Å². The highest BCUT2D eigenvalue weighted by molar-refractivity contribution is 8.00. The molecule has 0 fully saturated rings. The molecule has 2 nitrogen and oxygen atoms in total. The monoisotopic (exact) mass is 341 g/mol. The van der Waals surface area contributed by atoms with Gasteiger partial charge in [0.25, 0.3) is 0 Å². The molecule has 0 heterocycles. The van der Waals surface area contributed by atoms with Crippen molar-refractivity contribution in [2.24, 2.45) is 0 Å². The van der Waals surface area contributed by atoms with Crippen LogP contribution in [0.2, 0.25) is 0 Å². The molecule has 124 valence electrons. The highest BCUT2D eigenvalue weighted by Gasteiger charge is 2.30. The van der Waals surface area contributed by atoms with Crippen LogP contribution in [0.1, 0.15) is 26.3 Å². The predicted molar refractivity (Wildman–Crippen MR) is 87.7 cm³/mol. The third-order valence-corrected chi connectivity index (χ3v) is 3.94. The van der Waals surface area contributed by atoms with Gasteiger partial charge in [-0.05, 0) is 59.3 Å². The highest BCUT2D eigenvalue weighted by Crippen LogP contribution is 2.28. The van der Waals surface area contributed by atoms with Gasteiger partial charge in [-0.25, -0.2) is 0 Å². The van der Waals surface area contributed by atoms with Gasteiger partial charge in [0, 0.05) is 10.6 Å². The lowest BCUT2D eigenvalue weighted by molar-refractivity contribution is -0.274. The summed E-state index contributed by atoms with van der Waals surface area (Å²) in [7, 11) is 0. The Hall–Kier alpha value is -1.82. The minimum absolute atomic E-state index is 0.0972. The van der Waals surface area contributed by atoms with Crippen molar-refractivity contribution in [3.05, 3.63) is 54.1 Å². The summed E-state index contributed by atoms with van der Waals surface area (Å²) in [5.74, 6) is -0.226. The molecule has 1 N–H and O–H groups in total. The van der Waals surface area contributed by atoms with Crippen LogP contribution in [0.4, 0.5) is 18.9 Å². The van der Waals surface area contributed by atoms with Crippen molar-refractivity contribution in [2.75, 3.05) is 4.72 Å². The second-order valence-electron chi connectivity index (χ2n) is 6.05. The van der Waals surface area contributed by atoms with E-state index in [4.69, 9.17) is 0 Å². The Labute approximate surface area is 138 Å². The summed E-state index contributed by atoms with van der Waals surface area (Å²) < 4.78 is 43.3. The van der Waals surface area contributed by atoms with Crippen LogP contribution >= 0.6 is 11.9 Å². The summed E-state index contributed by atoms with van der Waals surface area (Å²) in [5.41, 5.74) is 2.26. The van der Waals surface area contributed by atoms with Crippen LogP contribution in [-0.2, 0) is 5.41 Å². The molecule has 0 aromatic heterocycles. The SMILES string of the molecule is CC(C)(C)c1ccc(NSc2ccc(OC(F)(F)F)cc2)cc1. The van der Waals surface area contributed by atoms with Gasteiger partial charge < -0.3 is 9.46 Å². The zero-order valence-corrected chi connectivity index (χ0v) is 13.9. The molecule has 0 aliphatic rings. The van der Waals surface area contributed by atoms with Crippen LogP contribution < -0.4 is 9.46 Å². The fraction of sp³-hybridized carbons (Fsp3) is 0.294. The van der Waals surface area contributed by atoms with Gasteiger partial charge in [0.05, 0.1) is 0 Å². The van der Waals surface area contributed by atoms with E-state index in [1.807, 2.05) is 12.1 Å². The maximum absolute atomic E-state index is 12.1. The van der Waals surface area contributed by atoms with Crippen molar-refractivity contribution in [1.82, 2.24) is 0 Å². The fourth-order valence-corrected chi connectivity index (χ4v) is 2.51. The van der Waals surface area contributed by atoms with Gasteiger partial charge in [0.15, 0.2) is 0 Å². The number of hydrogen-bond donors (Lipinski definition) is 1. The number of anilines is 1. The summed E-state index contributed by atoms with van der Waals surface area (Å²) in [5, 5.41) is 0. The summed E-state index contributed by atoms with van der Waals surface area (Å²) in [6.45, 7) is 6.44. The van der Waals surface area contributed by atoms with Crippen LogP contribution in [-0.4, -0.2) is 6.36 Å². The zero-order valence-electron chi connectivity index (χ0n) is 13.1. The van der Waals surface area contributed by atoms with E-state index in [1.54, 1.807) is 12.1 Å². The van der Waals surface area contributed by atoms with E-state index in [9.17, 15) is 13.2 Å². The lowest BCUT2D eigenvalue weighted by Gasteiger charge is -2.19. The van der Waals surface area contributed by atoms with Crippen LogP contribution in [0.5, 0.6) is 5.75 Å². The normalized spacial score (nSPS) is 12.1. The molecule has 0 atom stereocenters. The van der Waals surface area contributed by atoms with E-state index in [0.717, 1.165) is 10.6 Å². The molecule has 23 heavy (non-hydrogen) atoms. The molecule has 0 radical (unpaired) electrons. The summed E-state index contributed by atoms with van der Waals surface area (Å²) in [6.07, 6.45) is -4.66. The van der Waals surface area contributed by atoms with Crippen LogP contribution in [0.3, 0.4) is 0 Å². The Morgan fingerprint density at radius 3 is 1.91 bits per heavy atom. The van der Waals surface area contributed by atoms with Crippen molar-refractivity contribution >= 4 is 17.6 Å². The first-order valence-electron chi connectivity index (χ1n) is 7.03. The maximum Gasteiger partial charge on any atom is 0.573 e. The largest absolute Gasteiger partial charge is 0.573 e. The van der Waals surface area contributed by atoms with Gasteiger partial charge in [-0.3, -0.25) is 0 Å². The topological polar surface area (TPSA) is 21.3 Å². The molecule has 6 heteroatoms. The van der Waals surface area contributed by atoms with Gasteiger partial charge in [0.2, 0.25) is 0 Å². The molecule has 0 amide bonds. The first-order chi connectivity index (χ1) is 10.6. The van der Waals surface area contributed by atoms with E-state index in [1.165, 1.54) is 29.6 Å². The molecule has 0 bridgehead atoms. The molecule has 0 saturated heterocycles. The van der Waals surface area contributed by atoms with E-state index in [-0.39, 0.29) is 11.2 Å². The number of rotatable bonds is 4. The molecule has 0 unspecified atom stereocenters. The number of benzene rings is 2. The molecule has 0 aliphatic heterocycles. The van der Waals surface area contributed by atoms with Crippen LogP contribution in [0.25, 0.3) is 0 Å². The second kappa shape index (κ2) is 6.74. The Balaban J connectivity index is 1.93. The maximum atomic E-state index is 12.1. The third kappa shape index (κ3) is 5.71. The van der Waals surface area contributed by atoms with Crippen molar-refractivity contribution in [2.45, 2.75) is 37.4 Å². The number of alkyl halides is 3. The fourth-order valence-electron chi connectivity index (χ4n) is 1.87. The van der Waals surface area contributed by atoms with Crippen molar-refractivity contribution in [1.29, 1.82) is 0 Å². The van der Waals surface area contributed by atoms with Crippen LogP contribution in [0, 0.1) is 0 Å². The number of halogens is 3. The zero-order chi connectivity index (χ0) is 17.1. The summed E-state index contributed by atoms with van der Waals surface area (Å²) in [6, 6.07) is 13.8. The Kier molecular flexibility index (Phi) is 5.14. The number of ether oxygens (including phenoxy) is 1. The average molecular weight is 341 g/mol. The Bertz CT molecular complexity index is 631. The third-order valence-electron chi connectivity index (χ3n) is 3.09. The first-order valence-corrected chi connectivity index (χ1v) is 7.84. The van der Waals surface area contributed by atoms with Gasteiger partial charge in [-0.1, -0.05) is 32.9 Å². The lowest BCUT2D eigenvalue weighted by atomic mass is 9.87. The molecule has 0 saturated carbocycles. The Morgan fingerprint density at radius 2 is 1.43 bits per heavy atom. The molecule has 2 rings (SSSR count). The van der Waals surface area contributed by atoms with Crippen molar-refractivity contribution < 1.29 is 17.9 Å². The second-order valence-corrected chi connectivity index (χ2v) is 6.93. The average Bonchev–Trinajstić information content (AvgIpc) is 2.44. The Morgan fingerprint density at radius 1 is 0.870 bits per heavy atom. The molecule has 0 spiro atoms. The van der Waals surface area contributed by atoms with Gasteiger partial charge in [0.1, 0.15) is 5.75 Å². The number of hydrogen-bond acceptors (Lipinski definition) is 3. The quantitative estimate of drug-likeness (QED) is 0.689. The summed E-state index contributed by atoms with van der Waals surface area (Å²) in [4.78, 5) is 0.791. The van der Waals surface area contributed by atoms with E-state index >= 15 is 0 Å². The smallest absolute Gasteiger partial charge is 0.406 e. The van der Waals surface area contributed by atoms with Crippen molar-refractivity contribution in [3.63, 3.8) is 0 Å². The number of nitrogens with one attached hydrogen (secondary N) is 1. The van der Waals surface area contributed by atoms with Gasteiger partial charge in [-0.15, -0.1) is 13.2 Å². The van der Waals surface area contributed by atoms with E-state index in [2.05, 4.69) is 42.4 Å². The molecule has 2 aromatic rings. The minimum atomic E-state index is -4.66. The standard InChI is InChI=1S/C17H18F3NOS/c1-16(2,3)12-4-6-13(7-5-12)21-23-15-10-8-14(9-11-15)22-17(18,19)20/h4-11,21H,1-3H3. The van der Waals surface area contributed by atoms with Gasteiger partial charge in [-0.2, -0.15) is 0 Å². The van der Waals surface area contributed by atoms with E-state index in [0.29, 0.717) is 0 Å². The molecule has 2 aromatic carbocycles. The lowest BCUT2D eigenvalue weighted by Crippen LogP contribution is -2.16. The molecule has 0 aliphatic carbocycles. The molecular formula is C17H18F3NOS. The molecular weight excluding hydrogens is 323 g/mol. The first kappa shape index (κ1) is 17.5. The highest BCUT2D eigenvalue weighted by atomic mass is 32.2. The van der Waals surface area contributed by atoms with Gasteiger partial charge >= 0.3 is 6.36 Å². The predicted octanol–water partition coefficient (Wildman–Crippen LogP) is 6.00. The van der Waals surface area contributed by atoms with Crippen molar-refractivity contribution in [3.8, 4) is 5.75 Å². The van der Waals surface area contributed by atoms with Crippen LogP contribution in [0.15, 0.2) is 53.4 Å². The minimum Gasteiger partial charge on any atom is -0.406 e.